The standard InChI is InChI=1S/C5H5NO.C3H9N/c7-4-5-1-2-6-3-5;1-4(2)3/h1-4,6H;1-3H3. The van der Waals surface area contributed by atoms with E-state index in [1.54, 1.807) is 18.5 Å². The molecule has 0 unspecified atom stereocenters. The van der Waals surface area contributed by atoms with Crippen LogP contribution in [-0.2, 0) is 0 Å². The molecule has 0 saturated heterocycles. The lowest BCUT2D eigenvalue weighted by atomic mass is 10.4. The average Bonchev–Trinajstić information content (AvgIpc) is 2.36. The first kappa shape index (κ1) is 9.91. The zero-order valence-electron chi connectivity index (χ0n) is 7.16. The Kier molecular flexibility index (Phi) is 5.11. The fourth-order valence-corrected chi connectivity index (χ4v) is 0.410. The van der Waals surface area contributed by atoms with Crippen LogP contribution in [0.5, 0.6) is 0 Å². The zero-order chi connectivity index (χ0) is 8.69. The third kappa shape index (κ3) is 6.80. The molecule has 0 saturated carbocycles. The smallest absolute Gasteiger partial charge is 0.151 e. The summed E-state index contributed by atoms with van der Waals surface area (Å²) in [6, 6.07) is 1.72. The SMILES string of the molecule is CN(C)C.O=Cc1cc[nH]c1. The summed E-state index contributed by atoms with van der Waals surface area (Å²) in [4.78, 5) is 14.6. The number of aromatic amines is 1. The minimum Gasteiger partial charge on any atom is -0.367 e. The molecule has 11 heavy (non-hydrogen) atoms. The Morgan fingerprint density at radius 3 is 2.18 bits per heavy atom. The molecule has 0 bridgehead atoms. The molecular weight excluding hydrogens is 140 g/mol. The Labute approximate surface area is 67.0 Å². The number of aldehydes is 1. The van der Waals surface area contributed by atoms with Crippen molar-refractivity contribution in [3.05, 3.63) is 24.0 Å². The number of aromatic nitrogens is 1. The number of nitrogens with one attached hydrogen (secondary N) is 1. The molecular formula is C8H14N2O. The molecule has 0 atom stereocenters. The predicted molar refractivity (Wildman–Crippen MR) is 45.8 cm³/mol. The number of carbonyl (C=O) groups is 1. The summed E-state index contributed by atoms with van der Waals surface area (Å²) in [5, 5.41) is 0. The maximum Gasteiger partial charge on any atom is 0.151 e. The van der Waals surface area contributed by atoms with Crippen LogP contribution in [0.2, 0.25) is 0 Å². The first-order valence-corrected chi connectivity index (χ1v) is 3.35. The van der Waals surface area contributed by atoms with E-state index in [0.717, 1.165) is 6.29 Å². The van der Waals surface area contributed by atoms with E-state index in [4.69, 9.17) is 0 Å². The number of rotatable bonds is 1. The van der Waals surface area contributed by atoms with Gasteiger partial charge in [-0.15, -0.1) is 0 Å². The maximum atomic E-state index is 9.85. The lowest BCUT2D eigenvalue weighted by Gasteiger charge is -1.90. The minimum absolute atomic E-state index is 0.694. The molecule has 62 valence electrons. The van der Waals surface area contributed by atoms with E-state index in [1.165, 1.54) is 0 Å². The topological polar surface area (TPSA) is 36.1 Å². The van der Waals surface area contributed by atoms with Gasteiger partial charge in [0.05, 0.1) is 0 Å². The van der Waals surface area contributed by atoms with Crippen molar-refractivity contribution in [2.75, 3.05) is 21.1 Å². The molecule has 0 spiro atoms. The average molecular weight is 154 g/mol. The van der Waals surface area contributed by atoms with Crippen molar-refractivity contribution < 1.29 is 4.79 Å². The summed E-state index contributed by atoms with van der Waals surface area (Å²) in [6.45, 7) is 0. The molecule has 1 heterocycles. The summed E-state index contributed by atoms with van der Waals surface area (Å²) in [5.74, 6) is 0. The Morgan fingerprint density at radius 2 is 2.00 bits per heavy atom. The van der Waals surface area contributed by atoms with Crippen LogP contribution in [0.3, 0.4) is 0 Å². The van der Waals surface area contributed by atoms with Gasteiger partial charge in [0.2, 0.25) is 0 Å². The highest BCUT2D eigenvalue weighted by atomic mass is 16.1. The van der Waals surface area contributed by atoms with E-state index >= 15 is 0 Å². The largest absolute Gasteiger partial charge is 0.367 e. The monoisotopic (exact) mass is 154 g/mol. The highest BCUT2D eigenvalue weighted by Crippen LogP contribution is 1.87. The van der Waals surface area contributed by atoms with Gasteiger partial charge in [-0.25, -0.2) is 0 Å². The van der Waals surface area contributed by atoms with Gasteiger partial charge in [-0.1, -0.05) is 0 Å². The normalized spacial score (nSPS) is 8.73. The molecule has 1 aromatic rings. The van der Waals surface area contributed by atoms with Crippen LogP contribution in [0.1, 0.15) is 10.4 Å². The van der Waals surface area contributed by atoms with Gasteiger partial charge in [0, 0.05) is 18.0 Å². The van der Waals surface area contributed by atoms with Crippen molar-refractivity contribution >= 4 is 6.29 Å². The van der Waals surface area contributed by atoms with E-state index in [-0.39, 0.29) is 0 Å². The molecule has 1 aromatic heterocycles. The van der Waals surface area contributed by atoms with Crippen LogP contribution in [0.25, 0.3) is 0 Å². The van der Waals surface area contributed by atoms with E-state index < -0.39 is 0 Å². The van der Waals surface area contributed by atoms with Crippen molar-refractivity contribution in [2.45, 2.75) is 0 Å². The van der Waals surface area contributed by atoms with Gasteiger partial charge in [0.1, 0.15) is 0 Å². The third-order valence-corrected chi connectivity index (χ3v) is 0.758. The van der Waals surface area contributed by atoms with Crippen molar-refractivity contribution in [3.63, 3.8) is 0 Å². The van der Waals surface area contributed by atoms with Crippen LogP contribution >= 0.6 is 0 Å². The molecule has 0 aliphatic heterocycles. The molecule has 0 aromatic carbocycles. The molecule has 3 heteroatoms. The maximum absolute atomic E-state index is 9.85. The van der Waals surface area contributed by atoms with Crippen LogP contribution in [-0.4, -0.2) is 37.3 Å². The molecule has 0 radical (unpaired) electrons. The molecule has 3 nitrogen and oxygen atoms in total. The van der Waals surface area contributed by atoms with Crippen LogP contribution in [0.15, 0.2) is 18.5 Å². The van der Waals surface area contributed by atoms with Crippen molar-refractivity contribution in [3.8, 4) is 0 Å². The Bertz CT molecular complexity index is 177. The summed E-state index contributed by atoms with van der Waals surface area (Å²) in [5.41, 5.74) is 0.694. The van der Waals surface area contributed by atoms with E-state index in [2.05, 4.69) is 4.98 Å². The van der Waals surface area contributed by atoms with Crippen LogP contribution < -0.4 is 0 Å². The minimum atomic E-state index is 0.694. The summed E-state index contributed by atoms with van der Waals surface area (Å²) < 4.78 is 0. The highest BCUT2D eigenvalue weighted by molar-refractivity contribution is 5.73. The van der Waals surface area contributed by atoms with Gasteiger partial charge in [0.25, 0.3) is 0 Å². The number of hydrogen-bond acceptors (Lipinski definition) is 2. The van der Waals surface area contributed by atoms with E-state index in [0.29, 0.717) is 5.56 Å². The quantitative estimate of drug-likeness (QED) is 0.613. The van der Waals surface area contributed by atoms with Crippen molar-refractivity contribution in [2.24, 2.45) is 0 Å². The Hall–Kier alpha value is -1.09. The van der Waals surface area contributed by atoms with Gasteiger partial charge in [-0.3, -0.25) is 4.79 Å². The molecule has 1 rings (SSSR count). The van der Waals surface area contributed by atoms with Gasteiger partial charge < -0.3 is 9.88 Å². The fraction of sp³-hybridized carbons (Fsp3) is 0.375. The van der Waals surface area contributed by atoms with E-state index in [1.807, 2.05) is 26.0 Å². The molecule has 0 amide bonds. The molecule has 1 N–H and O–H groups in total. The second-order valence-corrected chi connectivity index (χ2v) is 2.60. The second-order valence-electron chi connectivity index (χ2n) is 2.60. The van der Waals surface area contributed by atoms with Crippen LogP contribution in [0.4, 0.5) is 0 Å². The lowest BCUT2D eigenvalue weighted by Crippen LogP contribution is -1.99. The Morgan fingerprint density at radius 1 is 1.45 bits per heavy atom. The summed E-state index contributed by atoms with van der Waals surface area (Å²) >= 11 is 0. The van der Waals surface area contributed by atoms with Gasteiger partial charge in [0.15, 0.2) is 6.29 Å². The number of carbonyl (C=O) groups excluding carboxylic acids is 1. The van der Waals surface area contributed by atoms with Gasteiger partial charge >= 0.3 is 0 Å². The van der Waals surface area contributed by atoms with Gasteiger partial charge in [-0.2, -0.15) is 0 Å². The van der Waals surface area contributed by atoms with Gasteiger partial charge in [-0.05, 0) is 27.2 Å². The highest BCUT2D eigenvalue weighted by Gasteiger charge is 1.81. The van der Waals surface area contributed by atoms with Crippen molar-refractivity contribution in [1.29, 1.82) is 0 Å². The fourth-order valence-electron chi connectivity index (χ4n) is 0.410. The Balaban J connectivity index is 0.000000218. The zero-order valence-corrected chi connectivity index (χ0v) is 7.16. The number of nitrogens with zero attached hydrogens (tertiary/aromatic N) is 1. The summed E-state index contributed by atoms with van der Waals surface area (Å²) in [6.07, 6.45) is 4.16. The molecule has 0 aliphatic rings. The third-order valence-electron chi connectivity index (χ3n) is 0.758. The van der Waals surface area contributed by atoms with Crippen LogP contribution in [0, 0.1) is 0 Å². The second kappa shape index (κ2) is 5.68. The molecule has 0 aliphatic carbocycles. The van der Waals surface area contributed by atoms with Crippen molar-refractivity contribution in [1.82, 2.24) is 9.88 Å². The first-order chi connectivity index (χ1) is 5.16. The predicted octanol–water partition coefficient (Wildman–Crippen LogP) is 1.01. The van der Waals surface area contributed by atoms with E-state index in [9.17, 15) is 4.79 Å². The lowest BCUT2D eigenvalue weighted by molar-refractivity contribution is 0.112. The first-order valence-electron chi connectivity index (χ1n) is 3.35. The number of hydrogen-bond donors (Lipinski definition) is 1. The summed E-state index contributed by atoms with van der Waals surface area (Å²) in [7, 11) is 6.00. The number of H-pyrrole nitrogens is 1. The molecule has 0 fully saturated rings.